The lowest BCUT2D eigenvalue weighted by Crippen LogP contribution is -2.42. The number of para-hydroxylation sites is 1. The number of nitrogens with zero attached hydrogens (tertiary/aromatic N) is 1. The van der Waals surface area contributed by atoms with Gasteiger partial charge in [-0.3, -0.25) is 25.4 Å². The summed E-state index contributed by atoms with van der Waals surface area (Å²) in [6.07, 6.45) is 1.48. The first kappa shape index (κ1) is 19.5. The van der Waals surface area contributed by atoms with Gasteiger partial charge in [-0.05, 0) is 36.4 Å². The lowest BCUT2D eigenvalue weighted by Gasteiger charge is -2.09. The number of ether oxygens (including phenoxy) is 1. The Labute approximate surface area is 175 Å². The van der Waals surface area contributed by atoms with Crippen LogP contribution < -0.4 is 15.6 Å². The van der Waals surface area contributed by atoms with E-state index >= 15 is 0 Å². The average Bonchev–Trinajstić information content (AvgIpc) is 3.17. The Morgan fingerprint density at radius 1 is 0.933 bits per heavy atom. The number of thiophene rings is 1. The highest BCUT2D eigenvalue weighted by Gasteiger charge is 2.22. The largest absolute Gasteiger partial charge is 0.489 e. The molecule has 0 spiro atoms. The van der Waals surface area contributed by atoms with Crippen LogP contribution in [-0.2, 0) is 6.61 Å². The number of hydrogen-bond acceptors (Lipinski definition) is 5. The Morgan fingerprint density at radius 2 is 1.70 bits per heavy atom. The van der Waals surface area contributed by atoms with Crippen molar-refractivity contribution >= 4 is 33.2 Å². The zero-order valence-corrected chi connectivity index (χ0v) is 16.4. The van der Waals surface area contributed by atoms with Gasteiger partial charge in [-0.1, -0.05) is 30.3 Å². The third-order valence-electron chi connectivity index (χ3n) is 4.28. The maximum absolute atomic E-state index is 14.5. The first-order valence-electron chi connectivity index (χ1n) is 9.03. The molecule has 2 aromatic carbocycles. The van der Waals surface area contributed by atoms with Crippen molar-refractivity contribution in [3.8, 4) is 5.75 Å². The average molecular weight is 421 g/mol. The van der Waals surface area contributed by atoms with Gasteiger partial charge in [-0.25, -0.2) is 4.39 Å². The van der Waals surface area contributed by atoms with E-state index in [0.717, 1.165) is 11.3 Å². The number of halogens is 1. The Morgan fingerprint density at radius 3 is 2.47 bits per heavy atom. The molecule has 0 atom stereocenters. The number of benzene rings is 2. The molecular weight excluding hydrogens is 405 g/mol. The molecule has 0 fully saturated rings. The van der Waals surface area contributed by atoms with Crippen LogP contribution in [-0.4, -0.2) is 16.8 Å². The SMILES string of the molecule is O=C(NNC(=O)c1sc2cccc(F)c2c1COc1ccccc1)c1ccccn1. The molecule has 30 heavy (non-hydrogen) atoms. The van der Waals surface area contributed by atoms with E-state index < -0.39 is 17.6 Å². The summed E-state index contributed by atoms with van der Waals surface area (Å²) in [6, 6.07) is 18.6. The number of nitrogens with one attached hydrogen (secondary N) is 2. The van der Waals surface area contributed by atoms with E-state index in [9.17, 15) is 14.0 Å². The van der Waals surface area contributed by atoms with Crippen molar-refractivity contribution in [1.29, 1.82) is 0 Å². The van der Waals surface area contributed by atoms with Gasteiger partial charge in [0.05, 0.1) is 0 Å². The molecule has 2 heterocycles. The molecule has 8 heteroatoms. The number of hydrogen-bond donors (Lipinski definition) is 2. The molecule has 6 nitrogen and oxygen atoms in total. The predicted octanol–water partition coefficient (Wildman–Crippen LogP) is 4.09. The molecule has 0 saturated carbocycles. The van der Waals surface area contributed by atoms with Crippen molar-refractivity contribution in [2.45, 2.75) is 6.61 Å². The molecule has 0 aliphatic heterocycles. The van der Waals surface area contributed by atoms with Gasteiger partial charge in [0.25, 0.3) is 11.8 Å². The quantitative estimate of drug-likeness (QED) is 0.476. The lowest BCUT2D eigenvalue weighted by molar-refractivity contribution is 0.0845. The third kappa shape index (κ3) is 4.13. The fourth-order valence-electron chi connectivity index (χ4n) is 2.89. The maximum atomic E-state index is 14.5. The van der Waals surface area contributed by atoms with Gasteiger partial charge in [0.1, 0.15) is 28.7 Å². The molecule has 0 aliphatic rings. The van der Waals surface area contributed by atoms with E-state index in [1.165, 1.54) is 18.3 Å². The summed E-state index contributed by atoms with van der Waals surface area (Å²) in [5, 5.41) is 0.333. The minimum absolute atomic E-state index is 0.00187. The summed E-state index contributed by atoms with van der Waals surface area (Å²) < 4.78 is 20.9. The van der Waals surface area contributed by atoms with Crippen LogP contribution in [0.15, 0.2) is 72.9 Å². The van der Waals surface area contributed by atoms with Crippen LogP contribution in [0.25, 0.3) is 10.1 Å². The van der Waals surface area contributed by atoms with E-state index in [0.29, 0.717) is 21.4 Å². The number of amides is 2. The van der Waals surface area contributed by atoms with Crippen molar-refractivity contribution in [3.63, 3.8) is 0 Å². The predicted molar refractivity (Wildman–Crippen MR) is 112 cm³/mol. The van der Waals surface area contributed by atoms with Gasteiger partial charge < -0.3 is 4.74 Å². The van der Waals surface area contributed by atoms with Crippen molar-refractivity contribution < 1.29 is 18.7 Å². The third-order valence-corrected chi connectivity index (χ3v) is 5.48. The Hall–Kier alpha value is -3.78. The smallest absolute Gasteiger partial charge is 0.288 e. The van der Waals surface area contributed by atoms with Crippen molar-refractivity contribution in [1.82, 2.24) is 15.8 Å². The standard InChI is InChI=1S/C22H16FN3O3S/c23-16-9-6-11-18-19(16)15(13-29-14-7-2-1-3-8-14)20(30-18)22(28)26-25-21(27)17-10-4-5-12-24-17/h1-12H,13H2,(H,25,27)(H,26,28). The summed E-state index contributed by atoms with van der Waals surface area (Å²) >= 11 is 1.13. The molecular formula is C22H16FN3O3S. The molecule has 2 aromatic heterocycles. The van der Waals surface area contributed by atoms with Crippen LogP contribution in [0, 0.1) is 5.82 Å². The number of pyridine rings is 1. The maximum Gasteiger partial charge on any atom is 0.288 e. The van der Waals surface area contributed by atoms with Crippen molar-refractivity contribution in [2.24, 2.45) is 0 Å². The van der Waals surface area contributed by atoms with Crippen LogP contribution in [0.2, 0.25) is 0 Å². The van der Waals surface area contributed by atoms with Crippen molar-refractivity contribution in [2.75, 3.05) is 0 Å². The van der Waals surface area contributed by atoms with Gasteiger partial charge in [0, 0.05) is 21.8 Å². The van der Waals surface area contributed by atoms with Crippen LogP contribution in [0.1, 0.15) is 25.7 Å². The zero-order chi connectivity index (χ0) is 20.9. The van der Waals surface area contributed by atoms with E-state index in [1.807, 2.05) is 18.2 Å². The highest BCUT2D eigenvalue weighted by Crippen LogP contribution is 2.34. The van der Waals surface area contributed by atoms with Crippen molar-refractivity contribution in [3.05, 3.63) is 94.9 Å². The second kappa shape index (κ2) is 8.71. The molecule has 0 aliphatic carbocycles. The molecule has 0 radical (unpaired) electrons. The van der Waals surface area contributed by atoms with Crippen LogP contribution >= 0.6 is 11.3 Å². The monoisotopic (exact) mass is 421 g/mol. The molecule has 150 valence electrons. The van der Waals surface area contributed by atoms with Gasteiger partial charge in [0.15, 0.2) is 0 Å². The Bertz CT molecular complexity index is 1200. The highest BCUT2D eigenvalue weighted by molar-refractivity contribution is 7.21. The molecule has 4 rings (SSSR count). The van der Waals surface area contributed by atoms with Gasteiger partial charge >= 0.3 is 0 Å². The number of carbonyl (C=O) groups excluding carboxylic acids is 2. The summed E-state index contributed by atoms with van der Waals surface area (Å²) in [4.78, 5) is 29.1. The molecule has 2 N–H and O–H groups in total. The summed E-state index contributed by atoms with van der Waals surface area (Å²) in [7, 11) is 0. The normalized spacial score (nSPS) is 10.6. The molecule has 0 bridgehead atoms. The molecule has 2 amide bonds. The number of carbonyl (C=O) groups is 2. The van der Waals surface area contributed by atoms with E-state index in [4.69, 9.17) is 4.74 Å². The molecule has 4 aromatic rings. The van der Waals surface area contributed by atoms with Gasteiger partial charge in [-0.2, -0.15) is 0 Å². The fourth-order valence-corrected chi connectivity index (χ4v) is 4.01. The minimum atomic E-state index is -0.563. The van der Waals surface area contributed by atoms with E-state index in [-0.39, 0.29) is 17.2 Å². The lowest BCUT2D eigenvalue weighted by atomic mass is 10.1. The topological polar surface area (TPSA) is 80.3 Å². The Balaban J connectivity index is 1.58. The highest BCUT2D eigenvalue weighted by atomic mass is 32.1. The molecule has 0 saturated heterocycles. The second-order valence-electron chi connectivity index (χ2n) is 6.25. The number of rotatable bonds is 5. The van der Waals surface area contributed by atoms with E-state index in [1.54, 1.807) is 36.4 Å². The van der Waals surface area contributed by atoms with Crippen LogP contribution in [0.5, 0.6) is 5.75 Å². The zero-order valence-electron chi connectivity index (χ0n) is 15.6. The number of hydrazine groups is 1. The Kier molecular flexibility index (Phi) is 5.67. The molecule has 0 unspecified atom stereocenters. The summed E-state index contributed by atoms with van der Waals surface area (Å²) in [5.74, 6) is -0.958. The summed E-state index contributed by atoms with van der Waals surface area (Å²) in [5.41, 5.74) is 5.28. The summed E-state index contributed by atoms with van der Waals surface area (Å²) in [6.45, 7) is 0.00187. The number of aromatic nitrogens is 1. The fraction of sp³-hybridized carbons (Fsp3) is 0.0455. The van der Waals surface area contributed by atoms with Gasteiger partial charge in [-0.15, -0.1) is 11.3 Å². The van der Waals surface area contributed by atoms with Crippen LogP contribution in [0.3, 0.4) is 0 Å². The van der Waals surface area contributed by atoms with E-state index in [2.05, 4.69) is 15.8 Å². The first-order valence-corrected chi connectivity index (χ1v) is 9.84. The van der Waals surface area contributed by atoms with Gasteiger partial charge in [0.2, 0.25) is 0 Å². The van der Waals surface area contributed by atoms with Crippen LogP contribution in [0.4, 0.5) is 4.39 Å². The first-order chi connectivity index (χ1) is 14.6. The minimum Gasteiger partial charge on any atom is -0.489 e. The second-order valence-corrected chi connectivity index (χ2v) is 7.30. The number of fused-ring (bicyclic) bond motifs is 1.